The first-order chi connectivity index (χ1) is 10.4. The number of amides is 1. The Morgan fingerprint density at radius 1 is 1.18 bits per heavy atom. The molecule has 2 aliphatic rings. The van der Waals surface area contributed by atoms with Crippen LogP contribution in [0.1, 0.15) is 58.8 Å². The lowest BCUT2D eigenvalue weighted by Gasteiger charge is -2.39. The van der Waals surface area contributed by atoms with Gasteiger partial charge in [-0.15, -0.1) is 0 Å². The molecule has 2 fully saturated rings. The van der Waals surface area contributed by atoms with E-state index in [0.29, 0.717) is 5.92 Å². The third kappa shape index (κ3) is 3.99. The van der Waals surface area contributed by atoms with Crippen LogP contribution in [0.5, 0.6) is 0 Å². The average Bonchev–Trinajstić information content (AvgIpc) is 3.38. The molecule has 0 radical (unpaired) electrons. The Hall–Kier alpha value is -1.12. The molecule has 0 aliphatic heterocycles. The first-order valence-electron chi connectivity index (χ1n) is 8.51. The predicted octanol–water partition coefficient (Wildman–Crippen LogP) is 1.72. The van der Waals surface area contributed by atoms with Crippen LogP contribution in [0.25, 0.3) is 0 Å². The van der Waals surface area contributed by atoms with Crippen molar-refractivity contribution in [2.75, 3.05) is 13.2 Å². The molecule has 0 bridgehead atoms. The van der Waals surface area contributed by atoms with Crippen LogP contribution < -0.4 is 10.6 Å². The summed E-state index contributed by atoms with van der Waals surface area (Å²) >= 11 is 0. The Kier molecular flexibility index (Phi) is 5.46. The fourth-order valence-corrected chi connectivity index (χ4v) is 3.57. The van der Waals surface area contributed by atoms with Gasteiger partial charge in [0.2, 0.25) is 5.91 Å². The molecule has 0 aromatic heterocycles. The maximum Gasteiger partial charge on any atom is 0.235 e. The lowest BCUT2D eigenvalue weighted by atomic mass is 9.76. The van der Waals surface area contributed by atoms with E-state index in [1.807, 2.05) is 6.92 Å². The molecule has 5 nitrogen and oxygen atoms in total. The SMILES string of the molecule is C[C@](C#N)(NC(=O)CN[C@@](C)(CO)C1CCCCC1)C1CC1. The molecule has 0 unspecified atom stereocenters. The van der Waals surface area contributed by atoms with Gasteiger partial charge in [-0.25, -0.2) is 0 Å². The predicted molar refractivity (Wildman–Crippen MR) is 85.0 cm³/mol. The van der Waals surface area contributed by atoms with Crippen LogP contribution in [-0.4, -0.2) is 35.2 Å². The van der Waals surface area contributed by atoms with Crippen molar-refractivity contribution >= 4 is 5.91 Å². The van der Waals surface area contributed by atoms with E-state index in [1.54, 1.807) is 6.92 Å². The molecule has 0 heterocycles. The summed E-state index contributed by atoms with van der Waals surface area (Å²) in [6, 6.07) is 2.24. The maximum absolute atomic E-state index is 12.2. The topological polar surface area (TPSA) is 85.2 Å². The molecule has 0 spiro atoms. The number of carbonyl (C=O) groups is 1. The van der Waals surface area contributed by atoms with Crippen molar-refractivity contribution in [3.05, 3.63) is 0 Å². The molecule has 2 atom stereocenters. The zero-order valence-corrected chi connectivity index (χ0v) is 13.8. The van der Waals surface area contributed by atoms with E-state index < -0.39 is 11.1 Å². The summed E-state index contributed by atoms with van der Waals surface area (Å²) in [7, 11) is 0. The quantitative estimate of drug-likeness (QED) is 0.668. The average molecular weight is 307 g/mol. The molecule has 2 aliphatic carbocycles. The molecular formula is C17H29N3O2. The molecule has 0 aromatic carbocycles. The van der Waals surface area contributed by atoms with Crippen molar-refractivity contribution in [3.63, 3.8) is 0 Å². The molecule has 1 amide bonds. The summed E-state index contributed by atoms with van der Waals surface area (Å²) in [5, 5.41) is 25.2. The van der Waals surface area contributed by atoms with Gasteiger partial charge >= 0.3 is 0 Å². The molecular weight excluding hydrogens is 278 g/mol. The van der Waals surface area contributed by atoms with Crippen LogP contribution in [0.2, 0.25) is 0 Å². The van der Waals surface area contributed by atoms with Crippen molar-refractivity contribution in [1.82, 2.24) is 10.6 Å². The van der Waals surface area contributed by atoms with Crippen molar-refractivity contribution in [2.24, 2.45) is 11.8 Å². The summed E-state index contributed by atoms with van der Waals surface area (Å²) in [4.78, 5) is 12.2. The van der Waals surface area contributed by atoms with Crippen LogP contribution >= 0.6 is 0 Å². The second-order valence-electron chi connectivity index (χ2n) is 7.40. The minimum Gasteiger partial charge on any atom is -0.394 e. The molecule has 5 heteroatoms. The summed E-state index contributed by atoms with van der Waals surface area (Å²) in [6.07, 6.45) is 7.88. The van der Waals surface area contributed by atoms with Crippen molar-refractivity contribution in [2.45, 2.75) is 69.9 Å². The fourth-order valence-electron chi connectivity index (χ4n) is 3.57. The molecule has 124 valence electrons. The zero-order valence-electron chi connectivity index (χ0n) is 13.8. The Labute approximate surface area is 133 Å². The van der Waals surface area contributed by atoms with E-state index in [4.69, 9.17) is 0 Å². The van der Waals surface area contributed by atoms with E-state index in [2.05, 4.69) is 16.7 Å². The van der Waals surface area contributed by atoms with E-state index in [9.17, 15) is 15.2 Å². The minimum atomic E-state index is -0.751. The molecule has 22 heavy (non-hydrogen) atoms. The number of carbonyl (C=O) groups excluding carboxylic acids is 1. The van der Waals surface area contributed by atoms with Gasteiger partial charge in [0.05, 0.1) is 19.2 Å². The van der Waals surface area contributed by atoms with Crippen LogP contribution in [0.15, 0.2) is 0 Å². The highest BCUT2D eigenvalue weighted by molar-refractivity contribution is 5.79. The van der Waals surface area contributed by atoms with Gasteiger partial charge in [0.15, 0.2) is 0 Å². The molecule has 2 saturated carbocycles. The van der Waals surface area contributed by atoms with Crippen LogP contribution in [0, 0.1) is 23.2 Å². The molecule has 0 aromatic rings. The first-order valence-corrected chi connectivity index (χ1v) is 8.51. The van der Waals surface area contributed by atoms with E-state index >= 15 is 0 Å². The van der Waals surface area contributed by atoms with E-state index in [0.717, 1.165) is 25.7 Å². The smallest absolute Gasteiger partial charge is 0.235 e. The Bertz CT molecular complexity index is 438. The largest absolute Gasteiger partial charge is 0.394 e. The fraction of sp³-hybridized carbons (Fsp3) is 0.882. The normalized spacial score (nSPS) is 24.8. The zero-order chi connectivity index (χ0) is 16.2. The van der Waals surface area contributed by atoms with Gasteiger partial charge in [-0.2, -0.15) is 5.26 Å². The van der Waals surface area contributed by atoms with Gasteiger partial charge in [0, 0.05) is 5.54 Å². The summed E-state index contributed by atoms with van der Waals surface area (Å²) < 4.78 is 0. The molecule has 3 N–H and O–H groups in total. The number of aliphatic hydroxyl groups excluding tert-OH is 1. The minimum absolute atomic E-state index is 0.0308. The Morgan fingerprint density at radius 2 is 1.82 bits per heavy atom. The van der Waals surface area contributed by atoms with E-state index in [1.165, 1.54) is 19.3 Å². The van der Waals surface area contributed by atoms with Crippen molar-refractivity contribution in [3.8, 4) is 6.07 Å². The number of nitriles is 1. The lowest BCUT2D eigenvalue weighted by molar-refractivity contribution is -0.122. The number of nitrogens with zero attached hydrogens (tertiary/aromatic N) is 1. The van der Waals surface area contributed by atoms with Gasteiger partial charge in [-0.05, 0) is 51.4 Å². The number of hydrogen-bond acceptors (Lipinski definition) is 4. The molecule has 2 rings (SSSR count). The Balaban J connectivity index is 1.86. The van der Waals surface area contributed by atoms with Gasteiger partial charge in [-0.1, -0.05) is 19.3 Å². The summed E-state index contributed by atoms with van der Waals surface area (Å²) in [6.45, 7) is 3.98. The van der Waals surface area contributed by atoms with E-state index in [-0.39, 0.29) is 25.0 Å². The van der Waals surface area contributed by atoms with Gasteiger partial charge in [0.25, 0.3) is 0 Å². The lowest BCUT2D eigenvalue weighted by Crippen LogP contribution is -2.57. The third-order valence-corrected chi connectivity index (χ3v) is 5.51. The van der Waals surface area contributed by atoms with Crippen LogP contribution in [-0.2, 0) is 4.79 Å². The van der Waals surface area contributed by atoms with Gasteiger partial charge in [-0.3, -0.25) is 4.79 Å². The number of nitrogens with one attached hydrogen (secondary N) is 2. The summed E-state index contributed by atoms with van der Waals surface area (Å²) in [5.74, 6) is 0.528. The number of rotatable bonds is 7. The standard InChI is InChI=1S/C17H29N3O2/c1-16(11-18,14-8-9-14)20-15(22)10-19-17(2,12-21)13-6-4-3-5-7-13/h13-14,19,21H,3-10,12H2,1-2H3,(H,20,22)/t16-,17+/m1/s1. The monoisotopic (exact) mass is 307 g/mol. The van der Waals surface area contributed by atoms with Crippen LogP contribution in [0.4, 0.5) is 0 Å². The summed E-state index contributed by atoms with van der Waals surface area (Å²) in [5.41, 5.74) is -1.17. The number of hydrogen-bond donors (Lipinski definition) is 3. The number of aliphatic hydroxyl groups is 1. The Morgan fingerprint density at radius 3 is 2.32 bits per heavy atom. The third-order valence-electron chi connectivity index (χ3n) is 5.51. The highest BCUT2D eigenvalue weighted by Crippen LogP contribution is 2.39. The first kappa shape index (κ1) is 17.2. The van der Waals surface area contributed by atoms with Gasteiger partial charge < -0.3 is 15.7 Å². The second kappa shape index (κ2) is 6.97. The maximum atomic E-state index is 12.2. The van der Waals surface area contributed by atoms with Crippen LogP contribution in [0.3, 0.4) is 0 Å². The highest BCUT2D eigenvalue weighted by atomic mass is 16.3. The highest BCUT2D eigenvalue weighted by Gasteiger charge is 2.43. The second-order valence-corrected chi connectivity index (χ2v) is 7.40. The van der Waals surface area contributed by atoms with Crippen molar-refractivity contribution < 1.29 is 9.90 Å². The van der Waals surface area contributed by atoms with Crippen molar-refractivity contribution in [1.29, 1.82) is 5.26 Å². The van der Waals surface area contributed by atoms with Gasteiger partial charge in [0.1, 0.15) is 5.54 Å². The molecule has 0 saturated heterocycles.